The summed E-state index contributed by atoms with van der Waals surface area (Å²) in [6, 6.07) is 8.62. The Hall–Kier alpha value is -0.590. The Bertz CT molecular complexity index is 741. The summed E-state index contributed by atoms with van der Waals surface area (Å²) in [5.41, 5.74) is 1.81. The van der Waals surface area contributed by atoms with Gasteiger partial charge in [-0.25, -0.2) is 8.42 Å². The van der Waals surface area contributed by atoms with Gasteiger partial charge in [0, 0.05) is 24.3 Å². The monoisotopic (exact) mass is 363 g/mol. The number of alkyl halides is 1. The molecule has 1 aromatic carbocycles. The molecule has 0 saturated heterocycles. The highest BCUT2D eigenvalue weighted by Gasteiger charge is 2.22. The van der Waals surface area contributed by atoms with Crippen molar-refractivity contribution >= 4 is 44.6 Å². The summed E-state index contributed by atoms with van der Waals surface area (Å²) in [7, 11) is -1.98. The summed E-state index contributed by atoms with van der Waals surface area (Å²) in [6.45, 7) is 2.20. The quantitative estimate of drug-likeness (QED) is 0.743. The lowest BCUT2D eigenvalue weighted by molar-refractivity contribution is 0.469. The molecule has 0 saturated carbocycles. The van der Waals surface area contributed by atoms with E-state index in [9.17, 15) is 8.42 Å². The number of hydrogen-bond donors (Lipinski definition) is 0. The molecule has 0 bridgehead atoms. The number of halogens is 2. The first kappa shape index (κ1) is 16.8. The smallest absolute Gasteiger partial charge is 0.207 e. The molecule has 7 heteroatoms. The molecule has 0 atom stereocenters. The van der Waals surface area contributed by atoms with E-state index in [1.54, 1.807) is 31.3 Å². The molecule has 2 aromatic rings. The fourth-order valence-electron chi connectivity index (χ4n) is 1.87. The van der Waals surface area contributed by atoms with E-state index in [-0.39, 0.29) is 4.90 Å². The van der Waals surface area contributed by atoms with Gasteiger partial charge in [0.25, 0.3) is 0 Å². The molecule has 0 radical (unpaired) electrons. The largest absolute Gasteiger partial charge is 0.243 e. The van der Waals surface area contributed by atoms with Crippen LogP contribution in [-0.2, 0) is 22.4 Å². The third-order valence-electron chi connectivity index (χ3n) is 3.18. The maximum absolute atomic E-state index is 12.6. The lowest BCUT2D eigenvalue weighted by Gasteiger charge is -2.17. The Balaban J connectivity index is 2.28. The van der Waals surface area contributed by atoms with Gasteiger partial charge in [0.15, 0.2) is 0 Å². The Morgan fingerprint density at radius 3 is 2.52 bits per heavy atom. The molecule has 0 unspecified atom stereocenters. The van der Waals surface area contributed by atoms with Crippen LogP contribution in [0.15, 0.2) is 35.2 Å². The Labute approximate surface area is 139 Å². The zero-order valence-electron chi connectivity index (χ0n) is 11.6. The van der Waals surface area contributed by atoms with Crippen LogP contribution in [0.2, 0.25) is 4.34 Å². The Morgan fingerprint density at radius 1 is 1.24 bits per heavy atom. The van der Waals surface area contributed by atoms with Crippen LogP contribution in [0.5, 0.6) is 0 Å². The van der Waals surface area contributed by atoms with Crippen LogP contribution in [0.1, 0.15) is 16.0 Å². The zero-order valence-corrected chi connectivity index (χ0v) is 14.8. The normalized spacial score (nSPS) is 12.0. The number of benzene rings is 1. The first-order valence-electron chi connectivity index (χ1n) is 6.20. The van der Waals surface area contributed by atoms with Gasteiger partial charge in [-0.15, -0.1) is 22.9 Å². The number of rotatable bonds is 5. The van der Waals surface area contributed by atoms with E-state index in [0.717, 1.165) is 16.0 Å². The molecule has 0 fully saturated rings. The molecule has 21 heavy (non-hydrogen) atoms. The van der Waals surface area contributed by atoms with Gasteiger partial charge in [-0.1, -0.05) is 17.7 Å². The summed E-state index contributed by atoms with van der Waals surface area (Å²) >= 11 is 13.1. The van der Waals surface area contributed by atoms with Crippen molar-refractivity contribution in [1.82, 2.24) is 4.31 Å². The van der Waals surface area contributed by atoms with Gasteiger partial charge in [-0.2, -0.15) is 4.31 Å². The first-order valence-corrected chi connectivity index (χ1v) is 9.37. The molecule has 0 amide bonds. The molecule has 0 aliphatic rings. The number of thiophene rings is 1. The van der Waals surface area contributed by atoms with Crippen LogP contribution >= 0.6 is 34.5 Å². The summed E-state index contributed by atoms with van der Waals surface area (Å²) in [4.78, 5) is 1.16. The van der Waals surface area contributed by atoms with Crippen molar-refractivity contribution in [3.8, 4) is 0 Å². The summed E-state index contributed by atoms with van der Waals surface area (Å²) in [5, 5.41) is 0. The standard InChI is InChI=1S/C14H15Cl2NO2S2/c1-10-3-5-13(7-11(10)8-15)21(18,19)17(2)9-12-4-6-14(16)20-12/h3-7H,8-9H2,1-2H3. The molecule has 2 rings (SSSR count). The Kier molecular flexibility index (Phi) is 5.33. The molecule has 0 aliphatic heterocycles. The molecule has 0 spiro atoms. The maximum atomic E-state index is 12.6. The summed E-state index contributed by atoms with van der Waals surface area (Å²) in [6.07, 6.45) is 0. The lowest BCUT2D eigenvalue weighted by atomic mass is 10.1. The van der Waals surface area contributed by atoms with Gasteiger partial charge < -0.3 is 0 Å². The van der Waals surface area contributed by atoms with Gasteiger partial charge in [-0.05, 0) is 42.3 Å². The van der Waals surface area contributed by atoms with Crippen molar-refractivity contribution < 1.29 is 8.42 Å². The topological polar surface area (TPSA) is 37.4 Å². The second-order valence-corrected chi connectivity index (χ2v) is 8.80. The highest BCUT2D eigenvalue weighted by Crippen LogP contribution is 2.25. The average Bonchev–Trinajstić information content (AvgIpc) is 2.84. The van der Waals surface area contributed by atoms with E-state index in [2.05, 4.69) is 0 Å². The third kappa shape index (κ3) is 3.79. The van der Waals surface area contributed by atoms with Crippen LogP contribution in [0, 0.1) is 6.92 Å². The lowest BCUT2D eigenvalue weighted by Crippen LogP contribution is -2.26. The summed E-state index contributed by atoms with van der Waals surface area (Å²) < 4.78 is 27.1. The van der Waals surface area contributed by atoms with Gasteiger partial charge in [0.1, 0.15) is 0 Å². The number of aryl methyl sites for hydroxylation is 1. The van der Waals surface area contributed by atoms with E-state index in [1.807, 2.05) is 13.0 Å². The molecule has 1 heterocycles. The van der Waals surface area contributed by atoms with E-state index in [0.29, 0.717) is 16.8 Å². The minimum atomic E-state index is -3.54. The van der Waals surface area contributed by atoms with Crippen molar-refractivity contribution in [2.75, 3.05) is 7.05 Å². The molecule has 0 N–H and O–H groups in total. The second-order valence-electron chi connectivity index (χ2n) is 4.69. The minimum Gasteiger partial charge on any atom is -0.207 e. The average molecular weight is 364 g/mol. The number of sulfonamides is 1. The van der Waals surface area contributed by atoms with Crippen molar-refractivity contribution in [1.29, 1.82) is 0 Å². The van der Waals surface area contributed by atoms with E-state index in [1.165, 1.54) is 15.6 Å². The van der Waals surface area contributed by atoms with Gasteiger partial charge >= 0.3 is 0 Å². The van der Waals surface area contributed by atoms with E-state index < -0.39 is 10.0 Å². The highest BCUT2D eigenvalue weighted by atomic mass is 35.5. The van der Waals surface area contributed by atoms with Crippen molar-refractivity contribution in [3.05, 3.63) is 50.7 Å². The molecule has 0 aliphatic carbocycles. The van der Waals surface area contributed by atoms with Crippen LogP contribution in [0.3, 0.4) is 0 Å². The number of nitrogens with zero attached hydrogens (tertiary/aromatic N) is 1. The van der Waals surface area contributed by atoms with Crippen LogP contribution in [0.4, 0.5) is 0 Å². The Morgan fingerprint density at radius 2 is 1.95 bits per heavy atom. The predicted molar refractivity (Wildman–Crippen MR) is 88.7 cm³/mol. The molecule has 1 aromatic heterocycles. The highest BCUT2D eigenvalue weighted by molar-refractivity contribution is 7.89. The summed E-state index contributed by atoms with van der Waals surface area (Å²) in [5.74, 6) is 0.291. The molecular weight excluding hydrogens is 349 g/mol. The van der Waals surface area contributed by atoms with E-state index >= 15 is 0 Å². The second kappa shape index (κ2) is 6.67. The minimum absolute atomic E-state index is 0.258. The molecule has 114 valence electrons. The SMILES string of the molecule is Cc1ccc(S(=O)(=O)N(C)Cc2ccc(Cl)s2)cc1CCl. The van der Waals surface area contributed by atoms with Crippen molar-refractivity contribution in [2.24, 2.45) is 0 Å². The fourth-order valence-corrected chi connectivity index (χ4v) is 4.58. The molecular formula is C14H15Cl2NO2S2. The van der Waals surface area contributed by atoms with Crippen molar-refractivity contribution in [3.63, 3.8) is 0 Å². The maximum Gasteiger partial charge on any atom is 0.243 e. The van der Waals surface area contributed by atoms with Gasteiger partial charge in [0.2, 0.25) is 10.0 Å². The third-order valence-corrected chi connectivity index (χ3v) is 6.48. The van der Waals surface area contributed by atoms with Gasteiger partial charge in [-0.3, -0.25) is 0 Å². The first-order chi connectivity index (χ1) is 9.84. The van der Waals surface area contributed by atoms with E-state index in [4.69, 9.17) is 23.2 Å². The van der Waals surface area contributed by atoms with Crippen molar-refractivity contribution in [2.45, 2.75) is 24.2 Å². The zero-order chi connectivity index (χ0) is 15.6. The van der Waals surface area contributed by atoms with Gasteiger partial charge in [0.05, 0.1) is 9.23 Å². The number of hydrogen-bond acceptors (Lipinski definition) is 3. The fraction of sp³-hybridized carbons (Fsp3) is 0.286. The van der Waals surface area contributed by atoms with Crippen LogP contribution in [-0.4, -0.2) is 19.8 Å². The predicted octanol–water partition coefficient (Wildman–Crippen LogP) is 4.27. The molecule has 3 nitrogen and oxygen atoms in total. The van der Waals surface area contributed by atoms with Crippen LogP contribution in [0.25, 0.3) is 0 Å². The van der Waals surface area contributed by atoms with Crippen LogP contribution < -0.4 is 0 Å².